The van der Waals surface area contributed by atoms with Crippen LogP contribution in [0.2, 0.25) is 0 Å². The summed E-state index contributed by atoms with van der Waals surface area (Å²) in [5.41, 5.74) is 2.00. The van der Waals surface area contributed by atoms with Gasteiger partial charge in [0.2, 0.25) is 0 Å². The summed E-state index contributed by atoms with van der Waals surface area (Å²) in [5.74, 6) is -0.890. The molecule has 0 aliphatic carbocycles. The summed E-state index contributed by atoms with van der Waals surface area (Å²) in [5, 5.41) is 37.1. The van der Waals surface area contributed by atoms with Crippen molar-refractivity contribution < 1.29 is 15.4 Å². The Hall–Kier alpha value is -2.86. The first-order valence-corrected chi connectivity index (χ1v) is 5.78. The van der Waals surface area contributed by atoms with Crippen molar-refractivity contribution in [3.05, 3.63) is 41.3 Å². The van der Waals surface area contributed by atoms with E-state index in [-0.39, 0.29) is 32.9 Å². The molecule has 0 unspecified atom stereocenters. The fourth-order valence-corrected chi connectivity index (χ4v) is 2.39. The molecule has 0 radical (unpaired) electrons. The van der Waals surface area contributed by atoms with Crippen molar-refractivity contribution in [1.82, 2.24) is 0 Å². The van der Waals surface area contributed by atoms with E-state index < -0.39 is 11.5 Å². The maximum atomic E-state index is 12.5. The first kappa shape index (κ1) is 12.2. The number of hydrogen-bond acceptors (Lipinski definition) is 6. The van der Waals surface area contributed by atoms with Gasteiger partial charge in [0.15, 0.2) is 0 Å². The highest BCUT2D eigenvalue weighted by molar-refractivity contribution is 6.16. The molecule has 3 aromatic carbocycles. The second-order valence-corrected chi connectivity index (χ2v) is 4.29. The third-order valence-corrected chi connectivity index (χ3v) is 3.27. The Labute approximate surface area is 112 Å². The average molecular weight is 268 g/mol. The first-order valence-electron chi connectivity index (χ1n) is 5.78. The molecule has 0 spiro atoms. The Kier molecular flexibility index (Phi) is 2.66. The summed E-state index contributed by atoms with van der Waals surface area (Å²) < 4.78 is 0. The molecule has 0 aromatic heterocycles. The van der Waals surface area contributed by atoms with Gasteiger partial charge in [0.05, 0.1) is 5.69 Å². The highest BCUT2D eigenvalue weighted by Crippen LogP contribution is 2.44. The lowest BCUT2D eigenvalue weighted by molar-refractivity contribution is -0.267. The van der Waals surface area contributed by atoms with Crippen LogP contribution in [0.3, 0.4) is 0 Å². The van der Waals surface area contributed by atoms with Gasteiger partial charge < -0.3 is 10.2 Å². The number of anilines is 1. The van der Waals surface area contributed by atoms with Gasteiger partial charge in [-0.25, -0.2) is 0 Å². The van der Waals surface area contributed by atoms with Crippen LogP contribution in [0, 0.1) is 4.91 Å². The van der Waals surface area contributed by atoms with Gasteiger partial charge in [-0.1, -0.05) is 35.8 Å². The van der Waals surface area contributed by atoms with Crippen LogP contribution >= 0.6 is 0 Å². The van der Waals surface area contributed by atoms with E-state index in [1.54, 1.807) is 0 Å². The lowest BCUT2D eigenvalue weighted by atomic mass is 9.98. The Morgan fingerprint density at radius 2 is 1.55 bits per heavy atom. The standard InChI is InChI=1S/C14H10N2O4/c17-13-7-3-1-5-9(15-19)11(7)14(18)8-4-2-6-10(16-20)12(8)13/h1-6,15,17-19H/p-2. The summed E-state index contributed by atoms with van der Waals surface area (Å²) in [6, 6.07) is 8.82. The van der Waals surface area contributed by atoms with Gasteiger partial charge in [-0.05, 0) is 33.5 Å². The number of nitrogens with zero attached hydrogens (tertiary/aromatic N) is 1. The molecule has 3 aromatic rings. The number of nitroso groups, excluding NO2 is 1. The molecule has 100 valence electrons. The van der Waals surface area contributed by atoms with E-state index in [1.807, 2.05) is 5.48 Å². The minimum atomic E-state index is -0.457. The largest absolute Gasteiger partial charge is 0.872 e. The van der Waals surface area contributed by atoms with Gasteiger partial charge in [-0.15, -0.1) is 4.91 Å². The van der Waals surface area contributed by atoms with Crippen molar-refractivity contribution in [3.63, 3.8) is 0 Å². The maximum absolute atomic E-state index is 12.5. The summed E-state index contributed by atoms with van der Waals surface area (Å²) in [4.78, 5) is 10.8. The molecule has 3 rings (SSSR count). The van der Waals surface area contributed by atoms with E-state index in [0.29, 0.717) is 0 Å². The van der Waals surface area contributed by atoms with Crippen LogP contribution < -0.4 is 15.7 Å². The molecule has 0 atom stereocenters. The van der Waals surface area contributed by atoms with Crippen molar-refractivity contribution in [2.24, 2.45) is 5.18 Å². The second kappa shape index (κ2) is 4.36. The van der Waals surface area contributed by atoms with Crippen molar-refractivity contribution in [1.29, 1.82) is 0 Å². The van der Waals surface area contributed by atoms with Gasteiger partial charge in [0, 0.05) is 5.39 Å². The smallest absolute Gasteiger partial charge is 0.115 e. The Bertz CT molecular complexity index is 846. The zero-order valence-electron chi connectivity index (χ0n) is 10.1. The number of benzene rings is 3. The molecule has 6 heteroatoms. The number of nitrogens with one attached hydrogen (secondary N) is 1. The molecule has 0 amide bonds. The minimum Gasteiger partial charge on any atom is -0.872 e. The van der Waals surface area contributed by atoms with Gasteiger partial charge in [-0.2, -0.15) is 0 Å². The zero-order chi connectivity index (χ0) is 14.3. The molecule has 20 heavy (non-hydrogen) atoms. The molecule has 0 saturated carbocycles. The van der Waals surface area contributed by atoms with Gasteiger partial charge >= 0.3 is 0 Å². The summed E-state index contributed by atoms with van der Waals surface area (Å²) in [6.07, 6.45) is 0. The van der Waals surface area contributed by atoms with E-state index >= 15 is 0 Å². The van der Waals surface area contributed by atoms with Gasteiger partial charge in [0.25, 0.3) is 0 Å². The normalized spacial score (nSPS) is 10.8. The minimum absolute atomic E-state index is 0.00934. The summed E-state index contributed by atoms with van der Waals surface area (Å²) in [6.45, 7) is 0. The van der Waals surface area contributed by atoms with E-state index in [9.17, 15) is 15.1 Å². The zero-order valence-corrected chi connectivity index (χ0v) is 10.1. The number of fused-ring (bicyclic) bond motifs is 2. The van der Waals surface area contributed by atoms with Crippen molar-refractivity contribution in [2.75, 3.05) is 5.48 Å². The van der Waals surface area contributed by atoms with E-state index in [4.69, 9.17) is 5.21 Å². The van der Waals surface area contributed by atoms with E-state index in [0.717, 1.165) is 0 Å². The fraction of sp³-hybridized carbons (Fsp3) is 0. The van der Waals surface area contributed by atoms with Crippen molar-refractivity contribution >= 4 is 32.9 Å². The summed E-state index contributed by atoms with van der Waals surface area (Å²) in [7, 11) is 0. The van der Waals surface area contributed by atoms with Crippen LogP contribution in [0.1, 0.15) is 0 Å². The lowest BCUT2D eigenvalue weighted by Gasteiger charge is -2.24. The van der Waals surface area contributed by atoms with Gasteiger partial charge in [0.1, 0.15) is 5.69 Å². The van der Waals surface area contributed by atoms with Crippen LogP contribution in [0.25, 0.3) is 21.5 Å². The molecular weight excluding hydrogens is 260 g/mol. The lowest BCUT2D eigenvalue weighted by Crippen LogP contribution is -2.01. The average Bonchev–Trinajstić information content (AvgIpc) is 2.50. The van der Waals surface area contributed by atoms with Crippen LogP contribution in [0.5, 0.6) is 11.5 Å². The maximum Gasteiger partial charge on any atom is 0.115 e. The molecule has 0 heterocycles. The molecule has 6 nitrogen and oxygen atoms in total. The molecule has 0 aliphatic rings. The fourth-order valence-electron chi connectivity index (χ4n) is 2.39. The van der Waals surface area contributed by atoms with Crippen molar-refractivity contribution in [2.45, 2.75) is 0 Å². The molecule has 0 aliphatic heterocycles. The molecule has 0 bridgehead atoms. The van der Waals surface area contributed by atoms with Crippen LogP contribution in [-0.4, -0.2) is 5.21 Å². The number of hydrogen-bond donors (Lipinski definition) is 2. The molecular formula is C14H8N2O4-2. The van der Waals surface area contributed by atoms with E-state index in [1.165, 1.54) is 36.4 Å². The Morgan fingerprint density at radius 3 is 2.20 bits per heavy atom. The monoisotopic (exact) mass is 268 g/mol. The van der Waals surface area contributed by atoms with Crippen molar-refractivity contribution in [3.8, 4) is 11.5 Å². The predicted molar refractivity (Wildman–Crippen MR) is 71.2 cm³/mol. The Morgan fingerprint density at radius 1 is 0.950 bits per heavy atom. The molecule has 0 fully saturated rings. The van der Waals surface area contributed by atoms with Gasteiger partial charge in [-0.3, -0.25) is 10.7 Å². The SMILES string of the molecule is O=Nc1cccc2c([O-])c3c(NO)cccc3c([O-])c12. The van der Waals surface area contributed by atoms with E-state index in [2.05, 4.69) is 5.18 Å². The predicted octanol–water partition coefficient (Wildman–Crippen LogP) is 2.34. The van der Waals surface area contributed by atoms with Crippen LogP contribution in [-0.2, 0) is 0 Å². The third-order valence-electron chi connectivity index (χ3n) is 3.27. The highest BCUT2D eigenvalue weighted by atomic mass is 16.5. The topological polar surface area (TPSA) is 108 Å². The number of rotatable bonds is 2. The third kappa shape index (κ3) is 1.49. The van der Waals surface area contributed by atoms with Crippen LogP contribution in [0.4, 0.5) is 11.4 Å². The second-order valence-electron chi connectivity index (χ2n) is 4.29. The first-order chi connectivity index (χ1) is 9.69. The van der Waals surface area contributed by atoms with Crippen LogP contribution in [0.15, 0.2) is 41.6 Å². The quantitative estimate of drug-likeness (QED) is 0.421. The molecule has 0 saturated heterocycles. The Balaban J connectivity index is 2.64. The summed E-state index contributed by atoms with van der Waals surface area (Å²) >= 11 is 0. The molecule has 2 N–H and O–H groups in total. The highest BCUT2D eigenvalue weighted by Gasteiger charge is 2.10.